The first-order valence-corrected chi connectivity index (χ1v) is 10.2. The van der Waals surface area contributed by atoms with Crippen molar-refractivity contribution < 1.29 is 14.7 Å². The average Bonchev–Trinajstić information content (AvgIpc) is 2.71. The number of carboxylic acids is 1. The molecule has 1 saturated heterocycles. The largest absolute Gasteiger partial charge is 0.481 e. The average molecular weight is 395 g/mol. The first-order chi connectivity index (χ1) is 13.8. The van der Waals surface area contributed by atoms with Crippen molar-refractivity contribution in [2.24, 2.45) is 17.6 Å². The van der Waals surface area contributed by atoms with E-state index in [0.717, 1.165) is 30.6 Å². The van der Waals surface area contributed by atoms with E-state index >= 15 is 0 Å². The molecule has 0 radical (unpaired) electrons. The summed E-state index contributed by atoms with van der Waals surface area (Å²) in [5.41, 5.74) is 8.10. The van der Waals surface area contributed by atoms with Gasteiger partial charge in [0.1, 0.15) is 0 Å². The minimum absolute atomic E-state index is 0.0693. The second-order valence-electron chi connectivity index (χ2n) is 8.50. The number of amides is 1. The third-order valence-corrected chi connectivity index (χ3v) is 6.53. The van der Waals surface area contributed by atoms with Crippen LogP contribution in [-0.4, -0.2) is 41.5 Å². The van der Waals surface area contributed by atoms with Crippen molar-refractivity contribution in [1.82, 2.24) is 4.90 Å². The number of nitrogens with zero attached hydrogens (tertiary/aromatic N) is 1. The van der Waals surface area contributed by atoms with Gasteiger partial charge in [-0.05, 0) is 54.0 Å². The number of rotatable bonds is 7. The van der Waals surface area contributed by atoms with E-state index in [1.807, 2.05) is 42.5 Å². The van der Waals surface area contributed by atoms with Gasteiger partial charge in [-0.15, -0.1) is 0 Å². The molecule has 154 valence electrons. The van der Waals surface area contributed by atoms with Crippen LogP contribution in [0.3, 0.4) is 0 Å². The molecule has 3 N–H and O–H groups in total. The molecule has 1 aliphatic heterocycles. The zero-order valence-electron chi connectivity index (χ0n) is 17.2. The van der Waals surface area contributed by atoms with Gasteiger partial charge < -0.3 is 15.7 Å². The number of carboxylic acid groups (broad SMARTS) is 1. The number of benzene rings is 2. The molecular formula is C24H30N2O3. The van der Waals surface area contributed by atoms with Crippen LogP contribution in [0.2, 0.25) is 0 Å². The highest BCUT2D eigenvalue weighted by atomic mass is 16.4. The maximum absolute atomic E-state index is 11.8. The van der Waals surface area contributed by atoms with Crippen LogP contribution in [0.15, 0.2) is 54.6 Å². The summed E-state index contributed by atoms with van der Waals surface area (Å²) >= 11 is 0. The quantitative estimate of drug-likeness (QED) is 0.754. The molecule has 0 saturated carbocycles. The first kappa shape index (κ1) is 21.1. The second-order valence-corrected chi connectivity index (χ2v) is 8.50. The lowest BCUT2D eigenvalue weighted by Crippen LogP contribution is -2.49. The summed E-state index contributed by atoms with van der Waals surface area (Å²) in [6.45, 7) is 6.64. The van der Waals surface area contributed by atoms with E-state index in [9.17, 15) is 14.7 Å². The van der Waals surface area contributed by atoms with E-state index in [0.29, 0.717) is 24.4 Å². The highest BCUT2D eigenvalue weighted by Crippen LogP contribution is 2.39. The van der Waals surface area contributed by atoms with Crippen molar-refractivity contribution in [2.75, 3.05) is 19.6 Å². The summed E-state index contributed by atoms with van der Waals surface area (Å²) in [7, 11) is 0. The zero-order valence-corrected chi connectivity index (χ0v) is 17.2. The van der Waals surface area contributed by atoms with Crippen LogP contribution in [0.25, 0.3) is 0 Å². The molecule has 0 aromatic heterocycles. The van der Waals surface area contributed by atoms with Gasteiger partial charge in [-0.2, -0.15) is 0 Å². The Morgan fingerprint density at radius 1 is 1.21 bits per heavy atom. The number of nitrogens with two attached hydrogens (primary N) is 1. The van der Waals surface area contributed by atoms with Gasteiger partial charge in [-0.3, -0.25) is 9.59 Å². The number of hydrogen-bond donors (Lipinski definition) is 2. The monoisotopic (exact) mass is 394 g/mol. The molecule has 3 rings (SSSR count). The van der Waals surface area contributed by atoms with E-state index in [1.165, 1.54) is 0 Å². The Kier molecular flexibility index (Phi) is 6.38. The number of carbonyl (C=O) groups excluding carboxylic acids is 1. The summed E-state index contributed by atoms with van der Waals surface area (Å²) in [4.78, 5) is 25.7. The van der Waals surface area contributed by atoms with Crippen LogP contribution >= 0.6 is 0 Å². The number of hydrogen-bond acceptors (Lipinski definition) is 3. The molecule has 5 nitrogen and oxygen atoms in total. The maximum atomic E-state index is 11.8. The predicted molar refractivity (Wildman–Crippen MR) is 114 cm³/mol. The zero-order chi connectivity index (χ0) is 21.0. The number of primary amides is 1. The molecule has 5 heteroatoms. The first-order valence-electron chi connectivity index (χ1n) is 10.2. The lowest BCUT2D eigenvalue weighted by molar-refractivity contribution is -0.142. The molecule has 0 bridgehead atoms. The molecule has 0 spiro atoms. The normalized spacial score (nSPS) is 23.4. The van der Waals surface area contributed by atoms with Gasteiger partial charge in [0.05, 0.1) is 5.92 Å². The van der Waals surface area contributed by atoms with Crippen molar-refractivity contribution in [1.29, 1.82) is 0 Å². The van der Waals surface area contributed by atoms with Crippen LogP contribution < -0.4 is 5.73 Å². The molecule has 1 unspecified atom stereocenters. The Morgan fingerprint density at radius 2 is 1.93 bits per heavy atom. The number of likely N-dealkylation sites (tertiary alicyclic amines) is 1. The van der Waals surface area contributed by atoms with Gasteiger partial charge >= 0.3 is 5.97 Å². The van der Waals surface area contributed by atoms with E-state index in [2.05, 4.69) is 24.8 Å². The van der Waals surface area contributed by atoms with Crippen molar-refractivity contribution in [3.63, 3.8) is 0 Å². The number of piperidine rings is 1. The molecular weight excluding hydrogens is 364 g/mol. The molecule has 1 fully saturated rings. The van der Waals surface area contributed by atoms with Crippen LogP contribution in [0, 0.1) is 11.8 Å². The molecule has 1 aliphatic rings. The molecule has 2 aromatic carbocycles. The summed E-state index contributed by atoms with van der Waals surface area (Å²) in [5.74, 6) is -1.26. The Bertz CT molecular complexity index is 867. The number of carbonyl (C=O) groups is 2. The molecule has 29 heavy (non-hydrogen) atoms. The third-order valence-electron chi connectivity index (χ3n) is 6.53. The third kappa shape index (κ3) is 4.85. The molecule has 1 amide bonds. The van der Waals surface area contributed by atoms with Crippen LogP contribution in [0.4, 0.5) is 0 Å². The fourth-order valence-corrected chi connectivity index (χ4v) is 4.38. The Balaban J connectivity index is 1.69. The summed E-state index contributed by atoms with van der Waals surface area (Å²) < 4.78 is 0. The second kappa shape index (κ2) is 8.78. The SMILES string of the molecule is C[C@H]1CN(CC(Cc2ccccc2)C(=O)O)CC[C@]1(C)c1cccc(C(N)=O)c1. The van der Waals surface area contributed by atoms with Crippen molar-refractivity contribution in [3.05, 3.63) is 71.3 Å². The molecule has 0 aliphatic carbocycles. The molecule has 3 atom stereocenters. The lowest BCUT2D eigenvalue weighted by atomic mass is 9.67. The highest BCUT2D eigenvalue weighted by molar-refractivity contribution is 5.92. The Labute approximate surface area is 172 Å². The molecule has 2 aromatic rings. The lowest BCUT2D eigenvalue weighted by Gasteiger charge is -2.45. The van der Waals surface area contributed by atoms with E-state index in [1.54, 1.807) is 6.07 Å². The maximum Gasteiger partial charge on any atom is 0.308 e. The van der Waals surface area contributed by atoms with Gasteiger partial charge in [-0.25, -0.2) is 0 Å². The smallest absolute Gasteiger partial charge is 0.308 e. The van der Waals surface area contributed by atoms with Crippen molar-refractivity contribution >= 4 is 11.9 Å². The highest BCUT2D eigenvalue weighted by Gasteiger charge is 2.39. The van der Waals surface area contributed by atoms with Crippen LogP contribution in [-0.2, 0) is 16.6 Å². The van der Waals surface area contributed by atoms with Crippen molar-refractivity contribution in [2.45, 2.75) is 32.1 Å². The van der Waals surface area contributed by atoms with Gasteiger partial charge in [0, 0.05) is 18.7 Å². The fourth-order valence-electron chi connectivity index (χ4n) is 4.38. The summed E-state index contributed by atoms with van der Waals surface area (Å²) in [6.07, 6.45) is 1.45. The van der Waals surface area contributed by atoms with Crippen molar-refractivity contribution in [3.8, 4) is 0 Å². The van der Waals surface area contributed by atoms with E-state index in [4.69, 9.17) is 5.73 Å². The number of aliphatic carboxylic acids is 1. The molecule has 1 heterocycles. The van der Waals surface area contributed by atoms with Gasteiger partial charge in [-0.1, -0.05) is 56.3 Å². The van der Waals surface area contributed by atoms with E-state index < -0.39 is 17.8 Å². The standard InChI is InChI=1S/C24H30N2O3/c1-17-15-26(16-20(23(28)29)13-18-7-4-3-5-8-18)12-11-24(17,2)21-10-6-9-19(14-21)22(25)27/h3-10,14,17,20H,11-13,15-16H2,1-2H3,(H2,25,27)(H,28,29)/t17-,20?,24-/m0/s1. The Morgan fingerprint density at radius 3 is 2.55 bits per heavy atom. The summed E-state index contributed by atoms with van der Waals surface area (Å²) in [6, 6.07) is 17.4. The fraction of sp³-hybridized carbons (Fsp3) is 0.417. The van der Waals surface area contributed by atoms with Crippen LogP contribution in [0.1, 0.15) is 41.8 Å². The topological polar surface area (TPSA) is 83.6 Å². The minimum atomic E-state index is -0.746. The minimum Gasteiger partial charge on any atom is -0.481 e. The summed E-state index contributed by atoms with van der Waals surface area (Å²) in [5, 5.41) is 9.72. The van der Waals surface area contributed by atoms with Gasteiger partial charge in [0.15, 0.2) is 0 Å². The predicted octanol–water partition coefficient (Wildman–Crippen LogP) is 3.33. The Hall–Kier alpha value is -2.66. The van der Waals surface area contributed by atoms with Crippen LogP contribution in [0.5, 0.6) is 0 Å². The van der Waals surface area contributed by atoms with E-state index in [-0.39, 0.29) is 5.41 Å². The van der Waals surface area contributed by atoms with Gasteiger partial charge in [0.25, 0.3) is 0 Å². The van der Waals surface area contributed by atoms with Gasteiger partial charge in [0.2, 0.25) is 5.91 Å².